The lowest BCUT2D eigenvalue weighted by Crippen LogP contribution is -3.14. The Bertz CT molecular complexity index is 493. The van der Waals surface area contributed by atoms with Gasteiger partial charge in [0.2, 0.25) is 5.84 Å². The minimum absolute atomic E-state index is 0.808. The number of ether oxygens (including phenoxy) is 1. The molecule has 1 aromatic rings. The largest absolute Gasteiger partial charge is 0.379 e. The Morgan fingerprint density at radius 1 is 1.32 bits per heavy atom. The maximum atomic E-state index is 5.36. The van der Waals surface area contributed by atoms with Crippen molar-refractivity contribution in [2.75, 3.05) is 39.9 Å². The van der Waals surface area contributed by atoms with E-state index in [0.29, 0.717) is 0 Å². The number of hydrogen-bond donors (Lipinski definition) is 1. The maximum absolute atomic E-state index is 5.36. The third kappa shape index (κ3) is 2.70. The number of aromatic nitrogens is 1. The van der Waals surface area contributed by atoms with E-state index in [4.69, 9.17) is 4.74 Å². The lowest BCUT2D eigenvalue weighted by Gasteiger charge is -2.26. The zero-order chi connectivity index (χ0) is 13.1. The number of quaternary nitrogens is 1. The number of pyridine rings is 1. The zero-order valence-corrected chi connectivity index (χ0v) is 11.0. The molecule has 1 saturated heterocycles. The highest BCUT2D eigenvalue weighted by Crippen LogP contribution is 2.01. The molecule has 100 valence electrons. The van der Waals surface area contributed by atoms with Crippen molar-refractivity contribution in [2.24, 2.45) is 10.2 Å². The van der Waals surface area contributed by atoms with E-state index in [9.17, 15) is 0 Å². The van der Waals surface area contributed by atoms with Gasteiger partial charge in [0.05, 0.1) is 32.4 Å². The standard InChI is InChI=1S/C13H17N5O/c1-17-12(10-18-5-7-19-8-6-18)15-16-13(17)11-3-2-4-14-9-11/h2-4,9H,5-8,10H2,1H3/p+1. The topological polar surface area (TPSA) is 54.5 Å². The van der Waals surface area contributed by atoms with Gasteiger partial charge in [-0.3, -0.25) is 9.88 Å². The van der Waals surface area contributed by atoms with Crippen molar-refractivity contribution in [2.45, 2.75) is 0 Å². The van der Waals surface area contributed by atoms with Crippen molar-refractivity contribution in [1.82, 2.24) is 9.88 Å². The van der Waals surface area contributed by atoms with Crippen molar-refractivity contribution in [3.05, 3.63) is 30.1 Å². The first-order chi connectivity index (χ1) is 9.34. The summed E-state index contributed by atoms with van der Waals surface area (Å²) < 4.78 is 5.36. The molecule has 0 bridgehead atoms. The third-order valence-corrected chi connectivity index (χ3v) is 3.47. The van der Waals surface area contributed by atoms with Crippen molar-refractivity contribution in [3.63, 3.8) is 0 Å². The summed E-state index contributed by atoms with van der Waals surface area (Å²) in [5.74, 6) is 2.00. The second-order valence-electron chi connectivity index (χ2n) is 4.75. The van der Waals surface area contributed by atoms with E-state index >= 15 is 0 Å². The molecular formula is C13H18N5O+. The zero-order valence-electron chi connectivity index (χ0n) is 11.0. The van der Waals surface area contributed by atoms with Crippen molar-refractivity contribution >= 4 is 11.7 Å². The molecule has 2 aliphatic rings. The molecule has 3 heterocycles. The molecule has 0 radical (unpaired) electrons. The van der Waals surface area contributed by atoms with E-state index in [1.54, 1.807) is 6.20 Å². The quantitative estimate of drug-likeness (QED) is 0.758. The number of morpholine rings is 1. The second kappa shape index (κ2) is 5.56. The monoisotopic (exact) mass is 260 g/mol. The molecule has 0 aliphatic carbocycles. The molecule has 3 rings (SSSR count). The molecule has 1 N–H and O–H groups in total. The first-order valence-electron chi connectivity index (χ1n) is 6.54. The Morgan fingerprint density at radius 3 is 2.89 bits per heavy atom. The van der Waals surface area contributed by atoms with Gasteiger partial charge in [0.15, 0.2) is 0 Å². The van der Waals surface area contributed by atoms with E-state index in [1.165, 1.54) is 0 Å². The van der Waals surface area contributed by atoms with Crippen LogP contribution >= 0.6 is 0 Å². The van der Waals surface area contributed by atoms with Crippen molar-refractivity contribution < 1.29 is 9.64 Å². The Balaban J connectivity index is 1.65. The lowest BCUT2D eigenvalue weighted by atomic mass is 10.2. The molecule has 6 heteroatoms. The van der Waals surface area contributed by atoms with Gasteiger partial charge >= 0.3 is 0 Å². The molecular weight excluding hydrogens is 242 g/mol. The lowest BCUT2D eigenvalue weighted by molar-refractivity contribution is -0.672. The van der Waals surface area contributed by atoms with Crippen molar-refractivity contribution in [1.29, 1.82) is 0 Å². The Labute approximate surface area is 112 Å². The molecule has 6 nitrogen and oxygen atoms in total. The van der Waals surface area contributed by atoms with Crippen LogP contribution < -0.4 is 4.90 Å². The molecule has 1 atom stereocenters. The molecule has 0 saturated carbocycles. The van der Waals surface area contributed by atoms with Crippen LogP contribution in [0.3, 0.4) is 0 Å². The van der Waals surface area contributed by atoms with Crippen LogP contribution in [0, 0.1) is 0 Å². The predicted molar refractivity (Wildman–Crippen MR) is 72.4 cm³/mol. The molecule has 0 aromatic carbocycles. The highest BCUT2D eigenvalue weighted by atomic mass is 16.5. The third-order valence-electron chi connectivity index (χ3n) is 3.47. The molecule has 1 unspecified atom stereocenters. The molecule has 1 fully saturated rings. The average Bonchev–Trinajstić information content (AvgIpc) is 2.82. The molecule has 0 spiro atoms. The highest BCUT2D eigenvalue weighted by molar-refractivity contribution is 6.00. The number of amidine groups is 2. The Morgan fingerprint density at radius 2 is 2.16 bits per heavy atom. The van der Waals surface area contributed by atoms with Gasteiger partial charge < -0.3 is 4.74 Å². The van der Waals surface area contributed by atoms with Gasteiger partial charge in [-0.25, -0.2) is 4.90 Å². The van der Waals surface area contributed by atoms with Gasteiger partial charge in [0.25, 0.3) is 5.84 Å². The number of nitrogens with one attached hydrogen (secondary N) is 1. The Hall–Kier alpha value is -1.63. The maximum Gasteiger partial charge on any atom is 0.260 e. The minimum Gasteiger partial charge on any atom is -0.379 e. The summed E-state index contributed by atoms with van der Waals surface area (Å²) in [5, 5.41) is 8.63. The normalized spacial score (nSPS) is 24.2. The summed E-state index contributed by atoms with van der Waals surface area (Å²) in [6.07, 6.45) is 3.60. The fourth-order valence-corrected chi connectivity index (χ4v) is 2.30. The summed E-state index contributed by atoms with van der Waals surface area (Å²) in [6, 6.07) is 3.94. The number of likely N-dealkylation sites (N-methyl/N-ethyl adjacent to an activating group) is 1. The summed E-state index contributed by atoms with van der Waals surface area (Å²) in [4.78, 5) is 7.64. The van der Waals surface area contributed by atoms with Gasteiger partial charge in [-0.2, -0.15) is 0 Å². The van der Waals surface area contributed by atoms with E-state index < -0.39 is 0 Å². The van der Waals surface area contributed by atoms with Gasteiger partial charge in [-0.05, 0) is 12.1 Å². The molecule has 2 aliphatic heterocycles. The molecule has 1 aromatic heterocycles. The van der Waals surface area contributed by atoms with Crippen LogP contribution in [0.1, 0.15) is 5.56 Å². The summed E-state index contributed by atoms with van der Waals surface area (Å²) in [5.41, 5.74) is 1.03. The second-order valence-corrected chi connectivity index (χ2v) is 4.75. The number of nitrogens with zero attached hydrogens (tertiary/aromatic N) is 4. The van der Waals surface area contributed by atoms with E-state index in [0.717, 1.165) is 55.0 Å². The molecule has 19 heavy (non-hydrogen) atoms. The van der Waals surface area contributed by atoms with Crippen LogP contribution in [0.2, 0.25) is 0 Å². The van der Waals surface area contributed by atoms with Gasteiger partial charge in [0, 0.05) is 25.5 Å². The first-order valence-corrected chi connectivity index (χ1v) is 6.54. The minimum atomic E-state index is 0.808. The summed E-state index contributed by atoms with van der Waals surface area (Å²) >= 11 is 0. The van der Waals surface area contributed by atoms with Gasteiger partial charge in [-0.15, -0.1) is 0 Å². The Kier molecular flexibility index (Phi) is 3.63. The van der Waals surface area contributed by atoms with Crippen LogP contribution in [0.25, 0.3) is 0 Å². The number of rotatable bonds is 3. The SMILES string of the molecule is C[NH+]1C(CN2CCOCC2)=NN=C1c1cccnc1. The van der Waals surface area contributed by atoms with E-state index in [2.05, 4.69) is 27.1 Å². The van der Waals surface area contributed by atoms with Gasteiger partial charge in [-0.1, -0.05) is 10.2 Å². The highest BCUT2D eigenvalue weighted by Gasteiger charge is 2.29. The fraction of sp³-hybridized carbons (Fsp3) is 0.462. The summed E-state index contributed by atoms with van der Waals surface area (Å²) in [7, 11) is 2.08. The average molecular weight is 260 g/mol. The first kappa shape index (κ1) is 12.4. The van der Waals surface area contributed by atoms with Crippen LogP contribution in [-0.4, -0.2) is 61.5 Å². The summed E-state index contributed by atoms with van der Waals surface area (Å²) in [6.45, 7) is 4.40. The van der Waals surface area contributed by atoms with E-state index in [-0.39, 0.29) is 0 Å². The van der Waals surface area contributed by atoms with Crippen LogP contribution in [0.5, 0.6) is 0 Å². The predicted octanol–water partition coefficient (Wildman–Crippen LogP) is -0.998. The fourth-order valence-electron chi connectivity index (χ4n) is 2.30. The number of hydrogen-bond acceptors (Lipinski definition) is 5. The van der Waals surface area contributed by atoms with Crippen LogP contribution in [-0.2, 0) is 4.74 Å². The molecule has 0 amide bonds. The van der Waals surface area contributed by atoms with Crippen LogP contribution in [0.15, 0.2) is 34.7 Å². The smallest absolute Gasteiger partial charge is 0.260 e. The van der Waals surface area contributed by atoms with Gasteiger partial charge in [0.1, 0.15) is 0 Å². The van der Waals surface area contributed by atoms with Crippen molar-refractivity contribution in [3.8, 4) is 0 Å². The van der Waals surface area contributed by atoms with E-state index in [1.807, 2.05) is 18.3 Å². The van der Waals surface area contributed by atoms with Crippen LogP contribution in [0.4, 0.5) is 0 Å².